The normalized spacial score (nSPS) is 20.9. The van der Waals surface area contributed by atoms with Gasteiger partial charge in [-0.15, -0.1) is 23.1 Å². The molecular formula is C11H15NOS2. The van der Waals surface area contributed by atoms with Gasteiger partial charge in [-0.3, -0.25) is 4.79 Å². The van der Waals surface area contributed by atoms with Gasteiger partial charge in [0.2, 0.25) is 5.91 Å². The second-order valence-corrected chi connectivity index (χ2v) is 6.12. The molecule has 0 saturated carbocycles. The predicted octanol–water partition coefficient (Wildman–Crippen LogP) is 3.04. The fourth-order valence-corrected chi connectivity index (χ4v) is 4.14. The van der Waals surface area contributed by atoms with Gasteiger partial charge in [0.15, 0.2) is 0 Å². The van der Waals surface area contributed by atoms with E-state index in [2.05, 4.69) is 19.1 Å². The Morgan fingerprint density at radius 1 is 1.60 bits per heavy atom. The number of thioether (sulfide) groups is 1. The first-order valence-electron chi connectivity index (χ1n) is 5.19. The van der Waals surface area contributed by atoms with Gasteiger partial charge in [-0.2, -0.15) is 0 Å². The maximum atomic E-state index is 11.7. The molecule has 0 aliphatic carbocycles. The van der Waals surface area contributed by atoms with Crippen LogP contribution in [0.15, 0.2) is 12.1 Å². The maximum absolute atomic E-state index is 11.7. The van der Waals surface area contributed by atoms with Gasteiger partial charge >= 0.3 is 0 Å². The molecule has 1 amide bonds. The zero-order valence-corrected chi connectivity index (χ0v) is 10.7. The van der Waals surface area contributed by atoms with Crippen LogP contribution in [0.4, 0.5) is 0 Å². The fourth-order valence-electron chi connectivity index (χ4n) is 1.75. The molecule has 1 atom stereocenters. The van der Waals surface area contributed by atoms with Gasteiger partial charge in [0.05, 0.1) is 0 Å². The van der Waals surface area contributed by atoms with Crippen molar-refractivity contribution < 1.29 is 4.79 Å². The lowest BCUT2D eigenvalue weighted by atomic mass is 10.3. The molecule has 1 aromatic rings. The SMILES string of the molecule is CCC(=O)N1CCS[C@H]1c1ccc(C)s1. The van der Waals surface area contributed by atoms with E-state index in [-0.39, 0.29) is 11.3 Å². The summed E-state index contributed by atoms with van der Waals surface area (Å²) in [4.78, 5) is 16.4. The van der Waals surface area contributed by atoms with Crippen molar-refractivity contribution in [2.45, 2.75) is 25.6 Å². The van der Waals surface area contributed by atoms with Gasteiger partial charge in [-0.05, 0) is 19.1 Å². The lowest BCUT2D eigenvalue weighted by Crippen LogP contribution is -2.29. The highest BCUT2D eigenvalue weighted by Crippen LogP contribution is 2.40. The second kappa shape index (κ2) is 4.58. The standard InChI is InChI=1S/C11H15NOS2/c1-3-10(13)12-6-7-14-11(12)9-5-4-8(2)15-9/h4-5,11H,3,6-7H2,1-2H3/t11-/m0/s1. The Morgan fingerprint density at radius 3 is 3.00 bits per heavy atom. The summed E-state index contributed by atoms with van der Waals surface area (Å²) < 4.78 is 0. The summed E-state index contributed by atoms with van der Waals surface area (Å²) in [7, 11) is 0. The van der Waals surface area contributed by atoms with Crippen molar-refractivity contribution in [3.05, 3.63) is 21.9 Å². The van der Waals surface area contributed by atoms with Crippen LogP contribution in [0.5, 0.6) is 0 Å². The van der Waals surface area contributed by atoms with E-state index in [0.29, 0.717) is 6.42 Å². The highest BCUT2D eigenvalue weighted by Gasteiger charge is 2.30. The molecule has 0 spiro atoms. The quantitative estimate of drug-likeness (QED) is 0.793. The molecule has 2 rings (SSSR count). The molecule has 4 heteroatoms. The molecule has 0 bridgehead atoms. The van der Waals surface area contributed by atoms with Crippen LogP contribution in [0.25, 0.3) is 0 Å². The van der Waals surface area contributed by atoms with Crippen LogP contribution in [0.3, 0.4) is 0 Å². The number of thiophene rings is 1. The minimum absolute atomic E-state index is 0.274. The third-order valence-corrected chi connectivity index (χ3v) is 4.96. The summed E-state index contributed by atoms with van der Waals surface area (Å²) in [5, 5.41) is 0.274. The molecule has 0 aromatic carbocycles. The summed E-state index contributed by atoms with van der Waals surface area (Å²) in [5.41, 5.74) is 0. The van der Waals surface area contributed by atoms with Crippen LogP contribution in [-0.2, 0) is 4.79 Å². The van der Waals surface area contributed by atoms with E-state index in [9.17, 15) is 4.79 Å². The Morgan fingerprint density at radius 2 is 2.40 bits per heavy atom. The molecule has 0 radical (unpaired) electrons. The molecule has 1 aliphatic rings. The van der Waals surface area contributed by atoms with Gasteiger partial charge in [0.1, 0.15) is 5.37 Å². The average Bonchev–Trinajstić information content (AvgIpc) is 2.84. The molecule has 0 unspecified atom stereocenters. The van der Waals surface area contributed by atoms with Crippen LogP contribution in [0.2, 0.25) is 0 Å². The number of hydrogen-bond acceptors (Lipinski definition) is 3. The minimum atomic E-state index is 0.274. The molecule has 1 aliphatic heterocycles. The summed E-state index contributed by atoms with van der Waals surface area (Å²) in [5.74, 6) is 1.34. The highest BCUT2D eigenvalue weighted by atomic mass is 32.2. The topological polar surface area (TPSA) is 20.3 Å². The first-order chi connectivity index (χ1) is 7.22. The lowest BCUT2D eigenvalue weighted by Gasteiger charge is -2.22. The number of carbonyl (C=O) groups excluding carboxylic acids is 1. The van der Waals surface area contributed by atoms with Gasteiger partial charge in [-0.1, -0.05) is 6.92 Å². The van der Waals surface area contributed by atoms with Crippen molar-refractivity contribution in [3.8, 4) is 0 Å². The van der Waals surface area contributed by atoms with Crippen LogP contribution in [-0.4, -0.2) is 23.1 Å². The van der Waals surface area contributed by atoms with E-state index >= 15 is 0 Å². The molecule has 1 saturated heterocycles. The fraction of sp³-hybridized carbons (Fsp3) is 0.545. The first-order valence-corrected chi connectivity index (χ1v) is 7.06. The highest BCUT2D eigenvalue weighted by molar-refractivity contribution is 7.99. The zero-order valence-electron chi connectivity index (χ0n) is 9.03. The molecule has 2 nitrogen and oxygen atoms in total. The molecular weight excluding hydrogens is 226 g/mol. The summed E-state index contributed by atoms with van der Waals surface area (Å²) in [6.07, 6.45) is 0.613. The zero-order chi connectivity index (χ0) is 10.8. The Labute approximate surface area is 98.7 Å². The van der Waals surface area contributed by atoms with E-state index in [1.54, 1.807) is 11.3 Å². The number of carbonyl (C=O) groups is 1. The van der Waals surface area contributed by atoms with E-state index in [1.807, 2.05) is 23.6 Å². The number of nitrogens with zero attached hydrogens (tertiary/aromatic N) is 1. The summed E-state index contributed by atoms with van der Waals surface area (Å²) in [6.45, 7) is 4.95. The molecule has 2 heterocycles. The number of amides is 1. The van der Waals surface area contributed by atoms with Gasteiger partial charge in [0, 0.05) is 28.5 Å². The van der Waals surface area contributed by atoms with E-state index in [1.165, 1.54) is 9.75 Å². The van der Waals surface area contributed by atoms with E-state index < -0.39 is 0 Å². The van der Waals surface area contributed by atoms with Crippen LogP contribution >= 0.6 is 23.1 Å². The molecule has 15 heavy (non-hydrogen) atoms. The Bertz CT molecular complexity index is 361. The third-order valence-electron chi connectivity index (χ3n) is 2.52. The van der Waals surface area contributed by atoms with Crippen molar-refractivity contribution >= 4 is 29.0 Å². The Kier molecular flexibility index (Phi) is 3.36. The predicted molar refractivity (Wildman–Crippen MR) is 66.3 cm³/mol. The van der Waals surface area contributed by atoms with E-state index in [0.717, 1.165) is 12.3 Å². The summed E-state index contributed by atoms with van der Waals surface area (Å²) in [6, 6.07) is 4.28. The van der Waals surface area contributed by atoms with Gasteiger partial charge < -0.3 is 4.90 Å². The van der Waals surface area contributed by atoms with Crippen molar-refractivity contribution in [2.24, 2.45) is 0 Å². The third kappa shape index (κ3) is 2.21. The maximum Gasteiger partial charge on any atom is 0.223 e. The second-order valence-electron chi connectivity index (χ2n) is 3.61. The Balaban J connectivity index is 2.18. The molecule has 1 aromatic heterocycles. The minimum Gasteiger partial charge on any atom is -0.325 e. The monoisotopic (exact) mass is 241 g/mol. The number of aryl methyl sites for hydroxylation is 1. The lowest BCUT2D eigenvalue weighted by molar-refractivity contribution is -0.130. The Hall–Kier alpha value is -0.480. The van der Waals surface area contributed by atoms with Crippen molar-refractivity contribution in [2.75, 3.05) is 12.3 Å². The van der Waals surface area contributed by atoms with Crippen molar-refractivity contribution in [1.82, 2.24) is 4.90 Å². The van der Waals surface area contributed by atoms with Crippen molar-refractivity contribution in [1.29, 1.82) is 0 Å². The average molecular weight is 241 g/mol. The summed E-state index contributed by atoms with van der Waals surface area (Å²) >= 11 is 3.68. The number of rotatable bonds is 2. The van der Waals surface area contributed by atoms with Crippen LogP contribution < -0.4 is 0 Å². The molecule has 1 fully saturated rings. The molecule has 82 valence electrons. The van der Waals surface area contributed by atoms with Gasteiger partial charge in [-0.25, -0.2) is 0 Å². The largest absolute Gasteiger partial charge is 0.325 e. The van der Waals surface area contributed by atoms with Gasteiger partial charge in [0.25, 0.3) is 0 Å². The van der Waals surface area contributed by atoms with Crippen LogP contribution in [0, 0.1) is 6.92 Å². The molecule has 0 N–H and O–H groups in total. The van der Waals surface area contributed by atoms with Crippen LogP contribution in [0.1, 0.15) is 28.5 Å². The number of hydrogen-bond donors (Lipinski definition) is 0. The first kappa shape index (κ1) is 11.0. The van der Waals surface area contributed by atoms with E-state index in [4.69, 9.17) is 0 Å². The smallest absolute Gasteiger partial charge is 0.223 e. The van der Waals surface area contributed by atoms with Crippen molar-refractivity contribution in [3.63, 3.8) is 0 Å².